The summed E-state index contributed by atoms with van der Waals surface area (Å²) in [5.74, 6) is -0.473. The summed E-state index contributed by atoms with van der Waals surface area (Å²) < 4.78 is 7.28. The molecule has 0 fully saturated rings. The number of thiazole rings is 1. The molecular formula is C24H24N2O3S2. The Morgan fingerprint density at radius 3 is 2.48 bits per heavy atom. The molecule has 4 rings (SSSR count). The summed E-state index contributed by atoms with van der Waals surface area (Å²) in [7, 11) is 1.35. The largest absolute Gasteiger partial charge is 0.466 e. The van der Waals surface area contributed by atoms with Crippen LogP contribution in [0.25, 0.3) is 6.08 Å². The lowest BCUT2D eigenvalue weighted by molar-refractivity contribution is -0.136. The molecule has 0 spiro atoms. The smallest absolute Gasteiger partial charge is 0.338 e. The van der Waals surface area contributed by atoms with Crippen molar-refractivity contribution in [2.45, 2.75) is 39.2 Å². The second-order valence-corrected chi connectivity index (χ2v) is 10.4. The third kappa shape index (κ3) is 3.95. The Balaban J connectivity index is 1.95. The molecule has 0 saturated carbocycles. The number of hydrogen-bond donors (Lipinski definition) is 0. The average molecular weight is 453 g/mol. The van der Waals surface area contributed by atoms with Gasteiger partial charge in [-0.15, -0.1) is 11.3 Å². The lowest BCUT2D eigenvalue weighted by atomic mass is 9.85. The normalized spacial score (nSPS) is 16.8. The lowest BCUT2D eigenvalue weighted by Gasteiger charge is -2.25. The molecule has 3 aromatic rings. The molecule has 1 aliphatic heterocycles. The van der Waals surface area contributed by atoms with Gasteiger partial charge in [0.05, 0.1) is 29.0 Å². The monoisotopic (exact) mass is 452 g/mol. The van der Waals surface area contributed by atoms with E-state index >= 15 is 0 Å². The minimum Gasteiger partial charge on any atom is -0.466 e. The summed E-state index contributed by atoms with van der Waals surface area (Å²) in [4.78, 5) is 32.3. The number of rotatable bonds is 3. The van der Waals surface area contributed by atoms with Crippen molar-refractivity contribution in [1.29, 1.82) is 0 Å². The highest BCUT2D eigenvalue weighted by molar-refractivity contribution is 7.11. The molecule has 0 bridgehead atoms. The van der Waals surface area contributed by atoms with E-state index in [0.29, 0.717) is 20.6 Å². The first kappa shape index (κ1) is 21.5. The molecule has 0 N–H and O–H groups in total. The van der Waals surface area contributed by atoms with Crippen molar-refractivity contribution in [2.24, 2.45) is 4.99 Å². The van der Waals surface area contributed by atoms with Crippen LogP contribution in [0.1, 0.15) is 49.7 Å². The van der Waals surface area contributed by atoms with Crippen LogP contribution >= 0.6 is 22.7 Å². The van der Waals surface area contributed by atoms with Gasteiger partial charge in [0.15, 0.2) is 4.80 Å². The molecule has 0 amide bonds. The van der Waals surface area contributed by atoms with E-state index in [0.717, 1.165) is 10.4 Å². The van der Waals surface area contributed by atoms with E-state index in [9.17, 15) is 9.59 Å². The van der Waals surface area contributed by atoms with Gasteiger partial charge < -0.3 is 4.74 Å². The zero-order valence-electron chi connectivity index (χ0n) is 18.1. The van der Waals surface area contributed by atoms with Crippen LogP contribution in [0, 0.1) is 0 Å². The van der Waals surface area contributed by atoms with E-state index in [4.69, 9.17) is 4.74 Å². The standard InChI is InChI=1S/C24H24N2O3S2/c1-14-19(22(28)29-5)20(15-8-10-16(11-9-15)24(2,3)4)26-21(27)18(31-23(26)25-14)13-17-7-6-12-30-17/h6-13,20H,1-5H3/b18-13-/t20-/m0/s1. The van der Waals surface area contributed by atoms with Crippen LogP contribution in [-0.2, 0) is 14.9 Å². The number of ether oxygens (including phenoxy) is 1. The first-order valence-corrected chi connectivity index (χ1v) is 11.6. The van der Waals surface area contributed by atoms with Gasteiger partial charge in [-0.25, -0.2) is 9.79 Å². The first-order valence-electron chi connectivity index (χ1n) is 9.95. The Morgan fingerprint density at radius 1 is 1.19 bits per heavy atom. The molecule has 0 saturated heterocycles. The number of methoxy groups -OCH3 is 1. The zero-order chi connectivity index (χ0) is 22.3. The quantitative estimate of drug-likeness (QED) is 0.569. The van der Waals surface area contributed by atoms with Crippen LogP contribution in [0.4, 0.5) is 0 Å². The molecule has 7 heteroatoms. The van der Waals surface area contributed by atoms with E-state index in [2.05, 4.69) is 37.9 Å². The van der Waals surface area contributed by atoms with Crippen LogP contribution in [-0.4, -0.2) is 17.6 Å². The topological polar surface area (TPSA) is 60.7 Å². The summed E-state index contributed by atoms with van der Waals surface area (Å²) in [5.41, 5.74) is 2.84. The molecule has 2 aromatic heterocycles. The molecule has 3 heterocycles. The molecule has 1 aromatic carbocycles. The Bertz CT molecular complexity index is 1340. The SMILES string of the molecule is COC(=O)C1=C(C)N=c2s/c(=C\c3cccs3)c(=O)n2[C@H]1c1ccc(C(C)(C)C)cc1. The third-order valence-electron chi connectivity index (χ3n) is 5.34. The van der Waals surface area contributed by atoms with Gasteiger partial charge in [0.25, 0.3) is 5.56 Å². The van der Waals surface area contributed by atoms with E-state index in [-0.39, 0.29) is 11.0 Å². The van der Waals surface area contributed by atoms with Gasteiger partial charge in [-0.2, -0.15) is 0 Å². The Hall–Kier alpha value is -2.77. The predicted molar refractivity (Wildman–Crippen MR) is 125 cm³/mol. The molecule has 0 unspecified atom stereocenters. The summed E-state index contributed by atoms with van der Waals surface area (Å²) in [5, 5.41) is 1.97. The second-order valence-electron chi connectivity index (χ2n) is 8.46. The molecule has 160 valence electrons. The van der Waals surface area contributed by atoms with Gasteiger partial charge in [-0.3, -0.25) is 9.36 Å². The zero-order valence-corrected chi connectivity index (χ0v) is 19.8. The Morgan fingerprint density at radius 2 is 1.90 bits per heavy atom. The average Bonchev–Trinajstić information content (AvgIpc) is 3.34. The van der Waals surface area contributed by atoms with Crippen LogP contribution in [0.3, 0.4) is 0 Å². The maximum atomic E-state index is 13.4. The van der Waals surface area contributed by atoms with E-state index in [1.807, 2.05) is 35.7 Å². The molecule has 0 aliphatic carbocycles. The highest BCUT2D eigenvalue weighted by Gasteiger charge is 2.33. The number of hydrogen-bond acceptors (Lipinski definition) is 6. The molecule has 1 atom stereocenters. The van der Waals surface area contributed by atoms with Crippen molar-refractivity contribution in [3.63, 3.8) is 0 Å². The fourth-order valence-corrected chi connectivity index (χ4v) is 5.45. The number of carbonyl (C=O) groups excluding carboxylic acids is 1. The van der Waals surface area contributed by atoms with Crippen molar-refractivity contribution in [3.8, 4) is 0 Å². The molecular weight excluding hydrogens is 428 g/mol. The van der Waals surface area contributed by atoms with Crippen molar-refractivity contribution < 1.29 is 9.53 Å². The number of aromatic nitrogens is 1. The first-order chi connectivity index (χ1) is 14.7. The van der Waals surface area contributed by atoms with Crippen LogP contribution in [0.5, 0.6) is 0 Å². The van der Waals surface area contributed by atoms with E-state index in [1.54, 1.807) is 22.8 Å². The fourth-order valence-electron chi connectivity index (χ4n) is 3.68. The highest BCUT2D eigenvalue weighted by atomic mass is 32.1. The molecule has 1 aliphatic rings. The van der Waals surface area contributed by atoms with Crippen LogP contribution in [0.2, 0.25) is 0 Å². The molecule has 5 nitrogen and oxygen atoms in total. The molecule has 31 heavy (non-hydrogen) atoms. The number of fused-ring (bicyclic) bond motifs is 1. The minimum absolute atomic E-state index is 0.00454. The van der Waals surface area contributed by atoms with Gasteiger partial charge in [0, 0.05) is 4.88 Å². The van der Waals surface area contributed by atoms with Gasteiger partial charge in [-0.05, 0) is 41.0 Å². The van der Waals surface area contributed by atoms with Gasteiger partial charge in [0.1, 0.15) is 0 Å². The second kappa shape index (κ2) is 8.05. The van der Waals surface area contributed by atoms with E-state index < -0.39 is 12.0 Å². The fraction of sp³-hybridized carbons (Fsp3) is 0.292. The maximum Gasteiger partial charge on any atom is 0.338 e. The number of thiophene rings is 1. The van der Waals surface area contributed by atoms with Gasteiger partial charge >= 0.3 is 5.97 Å². The summed E-state index contributed by atoms with van der Waals surface area (Å²) in [6, 6.07) is 11.4. The highest BCUT2D eigenvalue weighted by Crippen LogP contribution is 2.32. The maximum absolute atomic E-state index is 13.4. The van der Waals surface area contributed by atoms with Gasteiger partial charge in [-0.1, -0.05) is 62.4 Å². The summed E-state index contributed by atoms with van der Waals surface area (Å²) in [6.45, 7) is 8.25. The number of benzene rings is 1. The molecule has 0 radical (unpaired) electrons. The van der Waals surface area contributed by atoms with E-state index in [1.165, 1.54) is 24.0 Å². The number of allylic oxidation sites excluding steroid dienone is 1. The third-order valence-corrected chi connectivity index (χ3v) is 7.14. The Labute approximate surface area is 188 Å². The Kier molecular flexibility index (Phi) is 5.58. The van der Waals surface area contributed by atoms with Gasteiger partial charge in [0.2, 0.25) is 0 Å². The predicted octanol–water partition coefficient (Wildman–Crippen LogP) is 3.77. The van der Waals surface area contributed by atoms with Crippen molar-refractivity contribution in [2.75, 3.05) is 7.11 Å². The number of esters is 1. The summed E-state index contributed by atoms with van der Waals surface area (Å²) in [6.07, 6.45) is 1.88. The summed E-state index contributed by atoms with van der Waals surface area (Å²) >= 11 is 2.91. The number of nitrogens with zero attached hydrogens (tertiary/aromatic N) is 2. The number of carbonyl (C=O) groups is 1. The van der Waals surface area contributed by atoms with Crippen molar-refractivity contribution in [3.05, 3.63) is 88.7 Å². The van der Waals surface area contributed by atoms with Crippen LogP contribution < -0.4 is 14.9 Å². The minimum atomic E-state index is -0.580. The van der Waals surface area contributed by atoms with Crippen molar-refractivity contribution >= 4 is 34.7 Å². The van der Waals surface area contributed by atoms with Crippen molar-refractivity contribution in [1.82, 2.24) is 4.57 Å². The lowest BCUT2D eigenvalue weighted by Crippen LogP contribution is -2.39. The van der Waals surface area contributed by atoms with Crippen LogP contribution in [0.15, 0.2) is 62.8 Å².